The van der Waals surface area contributed by atoms with Crippen molar-refractivity contribution in [2.45, 2.75) is 32.2 Å². The topological polar surface area (TPSA) is 23.6 Å². The summed E-state index contributed by atoms with van der Waals surface area (Å²) in [6.07, 6.45) is 2.77. The van der Waals surface area contributed by atoms with Crippen molar-refractivity contribution in [3.05, 3.63) is 35.1 Å². The Hall–Kier alpha value is -1.26. The lowest BCUT2D eigenvalue weighted by molar-refractivity contribution is 0.0940. The van der Waals surface area contributed by atoms with Gasteiger partial charge in [-0.25, -0.2) is 4.39 Å². The van der Waals surface area contributed by atoms with Crippen LogP contribution in [0.3, 0.4) is 0 Å². The second-order valence-corrected chi connectivity index (χ2v) is 6.17. The van der Waals surface area contributed by atoms with Gasteiger partial charge in [-0.05, 0) is 58.6 Å². The Labute approximate surface area is 126 Å². The Kier molecular flexibility index (Phi) is 5.48. The van der Waals surface area contributed by atoms with E-state index in [0.29, 0.717) is 23.6 Å². The van der Waals surface area contributed by atoms with Crippen LogP contribution in [0.1, 0.15) is 35.2 Å². The summed E-state index contributed by atoms with van der Waals surface area (Å²) in [4.78, 5) is 16.7. The minimum atomic E-state index is -0.298. The Morgan fingerprint density at radius 1 is 1.33 bits per heavy atom. The van der Waals surface area contributed by atoms with E-state index >= 15 is 0 Å². The molecule has 1 aliphatic rings. The number of hydrogen-bond acceptors (Lipinski definition) is 3. The van der Waals surface area contributed by atoms with Gasteiger partial charge in [-0.15, -0.1) is 0 Å². The van der Waals surface area contributed by atoms with Crippen LogP contribution >= 0.6 is 0 Å². The number of carbonyl (C=O) groups is 1. The maximum absolute atomic E-state index is 13.5. The highest BCUT2D eigenvalue weighted by Gasteiger charge is 2.21. The van der Waals surface area contributed by atoms with Crippen molar-refractivity contribution in [1.82, 2.24) is 9.80 Å². The summed E-state index contributed by atoms with van der Waals surface area (Å²) >= 11 is 0. The van der Waals surface area contributed by atoms with Gasteiger partial charge in [0.25, 0.3) is 0 Å². The zero-order valence-corrected chi connectivity index (χ0v) is 13.2. The van der Waals surface area contributed by atoms with Crippen LogP contribution in [-0.4, -0.2) is 55.4 Å². The molecule has 0 saturated carbocycles. The standard InChI is InChI=1S/C17H25FN2O/c1-13-4-5-14(12-16(13)18)17(21)8-11-20-9-6-15(7-10-20)19(2)3/h4-5,12,15H,6-11H2,1-3H3. The predicted octanol–water partition coefficient (Wildman–Crippen LogP) is 2.73. The molecule has 0 N–H and O–H groups in total. The van der Waals surface area contributed by atoms with Crippen LogP contribution in [0.4, 0.5) is 4.39 Å². The van der Waals surface area contributed by atoms with Crippen LogP contribution in [0.5, 0.6) is 0 Å². The summed E-state index contributed by atoms with van der Waals surface area (Å²) in [6, 6.07) is 5.41. The molecule has 21 heavy (non-hydrogen) atoms. The highest BCUT2D eigenvalue weighted by Crippen LogP contribution is 2.16. The number of likely N-dealkylation sites (tertiary alicyclic amines) is 1. The van der Waals surface area contributed by atoms with Crippen molar-refractivity contribution in [2.75, 3.05) is 33.7 Å². The fourth-order valence-corrected chi connectivity index (χ4v) is 2.83. The third kappa shape index (κ3) is 4.35. The number of benzene rings is 1. The molecule has 1 aliphatic heterocycles. The molecule has 0 spiro atoms. The Morgan fingerprint density at radius 2 is 2.00 bits per heavy atom. The molecular formula is C17H25FN2O. The number of halogens is 1. The van der Waals surface area contributed by atoms with Crippen molar-refractivity contribution >= 4 is 5.78 Å². The van der Waals surface area contributed by atoms with E-state index in [0.717, 1.165) is 32.5 Å². The van der Waals surface area contributed by atoms with Gasteiger partial charge in [0, 0.05) is 24.6 Å². The minimum Gasteiger partial charge on any atom is -0.306 e. The van der Waals surface area contributed by atoms with Crippen LogP contribution in [0.15, 0.2) is 18.2 Å². The molecule has 1 aromatic rings. The van der Waals surface area contributed by atoms with Gasteiger partial charge in [-0.3, -0.25) is 4.79 Å². The van der Waals surface area contributed by atoms with E-state index in [9.17, 15) is 9.18 Å². The second kappa shape index (κ2) is 7.14. The van der Waals surface area contributed by atoms with Gasteiger partial charge in [-0.1, -0.05) is 12.1 Å². The third-order valence-corrected chi connectivity index (χ3v) is 4.44. The monoisotopic (exact) mass is 292 g/mol. The van der Waals surface area contributed by atoms with E-state index in [2.05, 4.69) is 23.9 Å². The fourth-order valence-electron chi connectivity index (χ4n) is 2.83. The number of hydrogen-bond donors (Lipinski definition) is 0. The Balaban J connectivity index is 1.81. The van der Waals surface area contributed by atoms with E-state index in [1.165, 1.54) is 6.07 Å². The maximum Gasteiger partial charge on any atom is 0.164 e. The largest absolute Gasteiger partial charge is 0.306 e. The smallest absolute Gasteiger partial charge is 0.164 e. The van der Waals surface area contributed by atoms with Crippen molar-refractivity contribution in [1.29, 1.82) is 0 Å². The van der Waals surface area contributed by atoms with E-state index < -0.39 is 0 Å². The van der Waals surface area contributed by atoms with Gasteiger partial charge in [0.1, 0.15) is 5.82 Å². The summed E-state index contributed by atoms with van der Waals surface area (Å²) in [5.41, 5.74) is 1.07. The molecule has 0 atom stereocenters. The van der Waals surface area contributed by atoms with Crippen LogP contribution < -0.4 is 0 Å². The van der Waals surface area contributed by atoms with Gasteiger partial charge < -0.3 is 9.80 Å². The quantitative estimate of drug-likeness (QED) is 0.780. The summed E-state index contributed by atoms with van der Waals surface area (Å²) in [7, 11) is 4.24. The molecular weight excluding hydrogens is 267 g/mol. The maximum atomic E-state index is 13.5. The Morgan fingerprint density at radius 3 is 2.57 bits per heavy atom. The molecule has 1 aromatic carbocycles. The molecule has 1 fully saturated rings. The molecule has 0 unspecified atom stereocenters. The third-order valence-electron chi connectivity index (χ3n) is 4.44. The number of aryl methyl sites for hydroxylation is 1. The van der Waals surface area contributed by atoms with Crippen molar-refractivity contribution < 1.29 is 9.18 Å². The molecule has 4 heteroatoms. The summed E-state index contributed by atoms with van der Waals surface area (Å²) < 4.78 is 13.5. The van der Waals surface area contributed by atoms with Gasteiger partial charge in [-0.2, -0.15) is 0 Å². The number of carbonyl (C=O) groups excluding carboxylic acids is 1. The second-order valence-electron chi connectivity index (χ2n) is 6.17. The van der Waals surface area contributed by atoms with Crippen molar-refractivity contribution in [3.63, 3.8) is 0 Å². The van der Waals surface area contributed by atoms with Crippen LogP contribution in [-0.2, 0) is 0 Å². The zero-order chi connectivity index (χ0) is 15.4. The average Bonchev–Trinajstić information content (AvgIpc) is 2.48. The average molecular weight is 292 g/mol. The van der Waals surface area contributed by atoms with Gasteiger partial charge in [0.05, 0.1) is 0 Å². The highest BCUT2D eigenvalue weighted by atomic mass is 19.1. The molecule has 3 nitrogen and oxygen atoms in total. The normalized spacial score (nSPS) is 17.4. The van der Waals surface area contributed by atoms with Gasteiger partial charge >= 0.3 is 0 Å². The molecule has 0 aromatic heterocycles. The number of nitrogens with zero attached hydrogens (tertiary/aromatic N) is 2. The molecule has 0 radical (unpaired) electrons. The van der Waals surface area contributed by atoms with Gasteiger partial charge in [0.2, 0.25) is 0 Å². The number of Topliss-reactive ketones (excluding diaryl/α,β-unsaturated/α-hetero) is 1. The summed E-state index contributed by atoms with van der Waals surface area (Å²) in [5, 5.41) is 0. The van der Waals surface area contributed by atoms with E-state index in [4.69, 9.17) is 0 Å². The fraction of sp³-hybridized carbons (Fsp3) is 0.588. The first kappa shape index (κ1) is 16.1. The molecule has 0 bridgehead atoms. The number of rotatable bonds is 5. The SMILES string of the molecule is Cc1ccc(C(=O)CCN2CCC(N(C)C)CC2)cc1F. The lowest BCUT2D eigenvalue weighted by Gasteiger charge is -2.35. The molecule has 1 saturated heterocycles. The predicted molar refractivity (Wildman–Crippen MR) is 83.2 cm³/mol. The minimum absolute atomic E-state index is 0.0311. The van der Waals surface area contributed by atoms with Crippen LogP contribution in [0.2, 0.25) is 0 Å². The molecule has 2 rings (SSSR count). The summed E-state index contributed by atoms with van der Waals surface area (Å²) in [5.74, 6) is -0.267. The molecule has 1 heterocycles. The molecule has 0 amide bonds. The molecule has 116 valence electrons. The first-order chi connectivity index (χ1) is 9.97. The van der Waals surface area contributed by atoms with Crippen molar-refractivity contribution in [3.8, 4) is 0 Å². The lowest BCUT2D eigenvalue weighted by Crippen LogP contribution is -2.42. The van der Waals surface area contributed by atoms with Crippen LogP contribution in [0.25, 0.3) is 0 Å². The zero-order valence-electron chi connectivity index (χ0n) is 13.2. The van der Waals surface area contributed by atoms with Crippen molar-refractivity contribution in [2.24, 2.45) is 0 Å². The number of ketones is 1. The first-order valence-corrected chi connectivity index (χ1v) is 7.65. The Bertz CT molecular complexity index is 494. The van der Waals surface area contributed by atoms with E-state index in [-0.39, 0.29) is 11.6 Å². The lowest BCUT2D eigenvalue weighted by atomic mass is 10.0. The first-order valence-electron chi connectivity index (χ1n) is 7.65. The number of piperidine rings is 1. The highest BCUT2D eigenvalue weighted by molar-refractivity contribution is 5.96. The van der Waals surface area contributed by atoms with Gasteiger partial charge in [0.15, 0.2) is 5.78 Å². The van der Waals surface area contributed by atoms with E-state index in [1.54, 1.807) is 19.1 Å². The van der Waals surface area contributed by atoms with E-state index in [1.807, 2.05) is 0 Å². The molecule has 0 aliphatic carbocycles. The summed E-state index contributed by atoms with van der Waals surface area (Å²) in [6.45, 7) is 4.56. The van der Waals surface area contributed by atoms with Crippen LogP contribution in [0, 0.1) is 12.7 Å².